The fraction of sp³-hybridized carbons (Fsp3) is 0.143. The van der Waals surface area contributed by atoms with E-state index in [1.165, 1.54) is 6.07 Å². The molecule has 0 radical (unpaired) electrons. The van der Waals surface area contributed by atoms with Crippen LogP contribution in [-0.2, 0) is 0 Å². The van der Waals surface area contributed by atoms with Crippen LogP contribution in [0, 0.1) is 12.7 Å². The van der Waals surface area contributed by atoms with Crippen molar-refractivity contribution in [1.82, 2.24) is 0 Å². The van der Waals surface area contributed by atoms with Crippen molar-refractivity contribution in [3.8, 4) is 0 Å². The smallest absolute Gasteiger partial charge is 0.126 e. The second-order valence-electron chi connectivity index (χ2n) is 3.78. The highest BCUT2D eigenvalue weighted by atomic mass is 35.5. The number of benzene rings is 2. The van der Waals surface area contributed by atoms with Gasteiger partial charge in [0.15, 0.2) is 0 Å². The zero-order valence-corrected chi connectivity index (χ0v) is 9.71. The molecular formula is C14H12ClF. The van der Waals surface area contributed by atoms with Crippen LogP contribution in [0.3, 0.4) is 0 Å². The standard InChI is InChI=1S/C14H12ClF/c1-10-7-8-12(9-13(10)16)14(15)11-5-3-2-4-6-11/h2-9,14H,1H3. The number of aryl methyl sites for hydroxylation is 1. The summed E-state index contributed by atoms with van der Waals surface area (Å²) in [7, 11) is 0. The molecule has 82 valence electrons. The second kappa shape index (κ2) is 4.67. The Hall–Kier alpha value is -1.34. The molecule has 0 aliphatic rings. The van der Waals surface area contributed by atoms with Gasteiger partial charge in [0.05, 0.1) is 5.38 Å². The molecule has 0 saturated carbocycles. The van der Waals surface area contributed by atoms with E-state index in [2.05, 4.69) is 0 Å². The van der Waals surface area contributed by atoms with Crippen LogP contribution in [0.25, 0.3) is 0 Å². The Balaban J connectivity index is 2.34. The lowest BCUT2D eigenvalue weighted by Crippen LogP contribution is -1.94. The van der Waals surface area contributed by atoms with Crippen LogP contribution < -0.4 is 0 Å². The topological polar surface area (TPSA) is 0 Å². The fourth-order valence-electron chi connectivity index (χ4n) is 1.58. The Kier molecular flexibility index (Phi) is 3.25. The molecule has 0 aromatic heterocycles. The van der Waals surface area contributed by atoms with E-state index < -0.39 is 0 Å². The largest absolute Gasteiger partial charge is 0.207 e. The van der Waals surface area contributed by atoms with Gasteiger partial charge in [0, 0.05) is 0 Å². The van der Waals surface area contributed by atoms with Crippen LogP contribution >= 0.6 is 11.6 Å². The second-order valence-corrected chi connectivity index (χ2v) is 4.22. The van der Waals surface area contributed by atoms with Crippen molar-refractivity contribution in [2.45, 2.75) is 12.3 Å². The molecule has 0 N–H and O–H groups in total. The van der Waals surface area contributed by atoms with Gasteiger partial charge in [-0.3, -0.25) is 0 Å². The lowest BCUT2D eigenvalue weighted by Gasteiger charge is -2.10. The molecule has 0 aliphatic heterocycles. The molecule has 0 fully saturated rings. The van der Waals surface area contributed by atoms with Gasteiger partial charge in [-0.15, -0.1) is 11.6 Å². The van der Waals surface area contributed by atoms with E-state index in [1.54, 1.807) is 13.0 Å². The van der Waals surface area contributed by atoms with E-state index in [0.717, 1.165) is 11.1 Å². The highest BCUT2D eigenvalue weighted by Crippen LogP contribution is 2.29. The molecule has 2 aromatic rings. The van der Waals surface area contributed by atoms with E-state index >= 15 is 0 Å². The zero-order chi connectivity index (χ0) is 11.5. The van der Waals surface area contributed by atoms with Gasteiger partial charge in [0.1, 0.15) is 5.82 Å². The predicted molar refractivity (Wildman–Crippen MR) is 65.3 cm³/mol. The van der Waals surface area contributed by atoms with Crippen molar-refractivity contribution in [1.29, 1.82) is 0 Å². The Labute approximate surface area is 99.7 Å². The number of hydrogen-bond donors (Lipinski definition) is 0. The van der Waals surface area contributed by atoms with Crippen LogP contribution in [0.2, 0.25) is 0 Å². The van der Waals surface area contributed by atoms with Crippen molar-refractivity contribution in [3.63, 3.8) is 0 Å². The van der Waals surface area contributed by atoms with Gasteiger partial charge in [-0.05, 0) is 29.7 Å². The Morgan fingerprint density at radius 3 is 2.31 bits per heavy atom. The minimum absolute atomic E-state index is 0.209. The van der Waals surface area contributed by atoms with Crippen molar-refractivity contribution >= 4 is 11.6 Å². The van der Waals surface area contributed by atoms with Crippen LogP contribution in [0.4, 0.5) is 4.39 Å². The van der Waals surface area contributed by atoms with Gasteiger partial charge in [-0.25, -0.2) is 4.39 Å². The summed E-state index contributed by atoms with van der Waals surface area (Å²) in [6, 6.07) is 14.8. The summed E-state index contributed by atoms with van der Waals surface area (Å²) >= 11 is 6.29. The number of rotatable bonds is 2. The molecule has 1 atom stereocenters. The lowest BCUT2D eigenvalue weighted by molar-refractivity contribution is 0.616. The van der Waals surface area contributed by atoms with Gasteiger partial charge < -0.3 is 0 Å². The molecular weight excluding hydrogens is 223 g/mol. The first kappa shape index (κ1) is 11.2. The van der Waals surface area contributed by atoms with E-state index in [4.69, 9.17) is 11.6 Å². The fourth-order valence-corrected chi connectivity index (χ4v) is 1.86. The van der Waals surface area contributed by atoms with Gasteiger partial charge in [-0.1, -0.05) is 42.5 Å². The number of halogens is 2. The number of alkyl halides is 1. The lowest BCUT2D eigenvalue weighted by atomic mass is 10.0. The van der Waals surface area contributed by atoms with Crippen molar-refractivity contribution < 1.29 is 4.39 Å². The highest BCUT2D eigenvalue weighted by molar-refractivity contribution is 6.22. The molecule has 0 spiro atoms. The molecule has 0 bridgehead atoms. The van der Waals surface area contributed by atoms with Gasteiger partial charge in [-0.2, -0.15) is 0 Å². The molecule has 1 unspecified atom stereocenters. The van der Waals surface area contributed by atoms with Crippen molar-refractivity contribution in [2.24, 2.45) is 0 Å². The average Bonchev–Trinajstić information content (AvgIpc) is 2.33. The van der Waals surface area contributed by atoms with Crippen LogP contribution in [-0.4, -0.2) is 0 Å². The summed E-state index contributed by atoms with van der Waals surface area (Å²) in [4.78, 5) is 0. The first-order valence-corrected chi connectivity index (χ1v) is 5.57. The monoisotopic (exact) mass is 234 g/mol. The molecule has 2 heteroatoms. The maximum Gasteiger partial charge on any atom is 0.126 e. The molecule has 0 aliphatic carbocycles. The molecule has 16 heavy (non-hydrogen) atoms. The quantitative estimate of drug-likeness (QED) is 0.673. The van der Waals surface area contributed by atoms with Crippen LogP contribution in [0.5, 0.6) is 0 Å². The summed E-state index contributed by atoms with van der Waals surface area (Å²) < 4.78 is 13.4. The average molecular weight is 235 g/mol. The Morgan fingerprint density at radius 2 is 1.69 bits per heavy atom. The molecule has 2 aromatic carbocycles. The molecule has 0 saturated heterocycles. The highest BCUT2D eigenvalue weighted by Gasteiger charge is 2.11. The van der Waals surface area contributed by atoms with Gasteiger partial charge in [0.2, 0.25) is 0 Å². The minimum atomic E-state index is -0.295. The summed E-state index contributed by atoms with van der Waals surface area (Å²) in [6.45, 7) is 1.74. The Morgan fingerprint density at radius 1 is 1.00 bits per heavy atom. The third kappa shape index (κ3) is 2.25. The normalized spacial score (nSPS) is 12.4. The third-order valence-corrected chi connectivity index (χ3v) is 3.08. The van der Waals surface area contributed by atoms with Crippen LogP contribution in [0.1, 0.15) is 22.1 Å². The van der Waals surface area contributed by atoms with Crippen molar-refractivity contribution in [2.75, 3.05) is 0 Å². The number of hydrogen-bond acceptors (Lipinski definition) is 0. The summed E-state index contributed by atoms with van der Waals surface area (Å²) in [5, 5.41) is -0.295. The molecule has 2 rings (SSSR count). The third-order valence-electron chi connectivity index (χ3n) is 2.58. The maximum absolute atomic E-state index is 13.4. The first-order chi connectivity index (χ1) is 7.68. The van der Waals surface area contributed by atoms with Gasteiger partial charge in [0.25, 0.3) is 0 Å². The SMILES string of the molecule is Cc1ccc(C(Cl)c2ccccc2)cc1F. The summed E-state index contributed by atoms with van der Waals surface area (Å²) in [5.41, 5.74) is 2.41. The molecule has 0 heterocycles. The zero-order valence-electron chi connectivity index (χ0n) is 8.95. The van der Waals surface area contributed by atoms with Gasteiger partial charge >= 0.3 is 0 Å². The van der Waals surface area contributed by atoms with E-state index in [0.29, 0.717) is 5.56 Å². The first-order valence-electron chi connectivity index (χ1n) is 5.13. The summed E-state index contributed by atoms with van der Waals surface area (Å²) in [5.74, 6) is -0.209. The minimum Gasteiger partial charge on any atom is -0.207 e. The van der Waals surface area contributed by atoms with Crippen LogP contribution in [0.15, 0.2) is 48.5 Å². The molecule has 0 nitrogen and oxygen atoms in total. The van der Waals surface area contributed by atoms with E-state index in [1.807, 2.05) is 36.4 Å². The Bertz CT molecular complexity index is 479. The van der Waals surface area contributed by atoms with E-state index in [-0.39, 0.29) is 11.2 Å². The predicted octanol–water partition coefficient (Wildman–Crippen LogP) is 4.46. The van der Waals surface area contributed by atoms with E-state index in [9.17, 15) is 4.39 Å². The maximum atomic E-state index is 13.4. The summed E-state index contributed by atoms with van der Waals surface area (Å²) in [6.07, 6.45) is 0. The molecule has 0 amide bonds. The van der Waals surface area contributed by atoms with Crippen molar-refractivity contribution in [3.05, 3.63) is 71.0 Å².